The molecule has 1 amide bonds. The molecule has 0 aromatic heterocycles. The average molecular weight is 439 g/mol. The molecular weight excluding hydrogens is 412 g/mol. The molecule has 0 unspecified atom stereocenters. The second-order valence-corrected chi connectivity index (χ2v) is 7.73. The summed E-state index contributed by atoms with van der Waals surface area (Å²) in [6.07, 6.45) is 3.68. The third kappa shape index (κ3) is 4.81. The summed E-state index contributed by atoms with van der Waals surface area (Å²) in [6, 6.07) is 24.9. The smallest absolute Gasteiger partial charge is 0.279 e. The average Bonchev–Trinajstić information content (AvgIpc) is 2.69. The number of benzene rings is 3. The zero-order valence-corrected chi connectivity index (χ0v) is 17.7. The van der Waals surface area contributed by atoms with Gasteiger partial charge in [0.05, 0.1) is 13.1 Å². The van der Waals surface area contributed by atoms with Gasteiger partial charge >= 0.3 is 0 Å². The molecule has 4 heteroatoms. The number of fused-ring (bicyclic) bond motifs is 1. The number of nitrogens with zero attached hydrogens (tertiary/aromatic N) is 1. The number of hydrogen-bond donors (Lipinski definition) is 1. The van der Waals surface area contributed by atoms with Crippen LogP contribution in [0.4, 0.5) is 5.69 Å². The number of likely N-dealkylation sites (tertiary alicyclic amines) is 1. The largest absolute Gasteiger partial charge is 1.00 e. The van der Waals surface area contributed by atoms with Crippen LogP contribution in [0.1, 0.15) is 24.8 Å². The summed E-state index contributed by atoms with van der Waals surface area (Å²) in [4.78, 5) is 13.0. The van der Waals surface area contributed by atoms with Crippen molar-refractivity contribution in [2.45, 2.75) is 25.8 Å². The third-order valence-electron chi connectivity index (χ3n) is 5.67. The van der Waals surface area contributed by atoms with Gasteiger partial charge in [0.25, 0.3) is 5.91 Å². The lowest BCUT2D eigenvalue weighted by molar-refractivity contribution is -0.937. The maximum absolute atomic E-state index is 13.0. The highest BCUT2D eigenvalue weighted by atomic mass is 79.9. The van der Waals surface area contributed by atoms with Gasteiger partial charge in [-0.3, -0.25) is 4.79 Å². The Hall–Kier alpha value is -2.17. The molecule has 4 rings (SSSR count). The van der Waals surface area contributed by atoms with Gasteiger partial charge in [0.1, 0.15) is 6.54 Å². The summed E-state index contributed by atoms with van der Waals surface area (Å²) in [5, 5.41) is 5.44. The van der Waals surface area contributed by atoms with E-state index in [0.29, 0.717) is 6.54 Å². The third-order valence-corrected chi connectivity index (χ3v) is 5.67. The van der Waals surface area contributed by atoms with Crippen LogP contribution in [-0.4, -0.2) is 30.0 Å². The van der Waals surface area contributed by atoms with E-state index in [1.165, 1.54) is 24.8 Å². The molecule has 0 spiro atoms. The Morgan fingerprint density at radius 2 is 1.50 bits per heavy atom. The van der Waals surface area contributed by atoms with Crippen LogP contribution in [0.15, 0.2) is 72.8 Å². The predicted molar refractivity (Wildman–Crippen MR) is 111 cm³/mol. The number of piperidine rings is 1. The van der Waals surface area contributed by atoms with E-state index in [2.05, 4.69) is 53.8 Å². The molecule has 1 saturated heterocycles. The lowest BCUT2D eigenvalue weighted by Crippen LogP contribution is -3.00. The van der Waals surface area contributed by atoms with Crippen LogP contribution in [0.3, 0.4) is 0 Å². The van der Waals surface area contributed by atoms with E-state index in [0.717, 1.165) is 40.6 Å². The number of halogens is 1. The van der Waals surface area contributed by atoms with E-state index in [9.17, 15) is 4.79 Å². The number of anilines is 1. The zero-order valence-electron chi connectivity index (χ0n) is 16.1. The summed E-state index contributed by atoms with van der Waals surface area (Å²) in [6.45, 7) is 3.64. The summed E-state index contributed by atoms with van der Waals surface area (Å²) in [5.74, 6) is 0.115. The first-order valence-electron chi connectivity index (χ1n) is 9.91. The quantitative estimate of drug-likeness (QED) is 0.606. The van der Waals surface area contributed by atoms with Gasteiger partial charge in [-0.25, -0.2) is 0 Å². The molecular formula is C24H27BrN2O. The maximum atomic E-state index is 13.0. The highest BCUT2D eigenvalue weighted by molar-refractivity contribution is 6.02. The molecule has 0 atom stereocenters. The molecule has 3 aromatic rings. The maximum Gasteiger partial charge on any atom is 0.279 e. The molecule has 0 aliphatic carbocycles. The molecule has 28 heavy (non-hydrogen) atoms. The molecule has 1 fully saturated rings. The number of quaternary nitrogens is 1. The fourth-order valence-corrected chi connectivity index (χ4v) is 4.35. The van der Waals surface area contributed by atoms with Crippen LogP contribution in [0, 0.1) is 0 Å². The molecule has 3 nitrogen and oxygen atoms in total. The first-order valence-corrected chi connectivity index (χ1v) is 9.91. The number of carbonyl (C=O) groups is 1. The monoisotopic (exact) mass is 438 g/mol. The Morgan fingerprint density at radius 3 is 2.29 bits per heavy atom. The Kier molecular flexibility index (Phi) is 6.87. The first-order chi connectivity index (χ1) is 13.2. The number of hydrogen-bond acceptors (Lipinski definition) is 1. The van der Waals surface area contributed by atoms with Crippen molar-refractivity contribution in [1.29, 1.82) is 0 Å². The molecule has 0 bridgehead atoms. The Bertz CT molecular complexity index is 915. The topological polar surface area (TPSA) is 29.1 Å². The molecule has 1 aliphatic heterocycles. The summed E-state index contributed by atoms with van der Waals surface area (Å²) >= 11 is 0. The number of nitrogens with one attached hydrogen (secondary N) is 1. The summed E-state index contributed by atoms with van der Waals surface area (Å²) < 4.78 is 0.862. The second kappa shape index (κ2) is 9.35. The van der Waals surface area contributed by atoms with Crippen molar-refractivity contribution >= 4 is 22.4 Å². The van der Waals surface area contributed by atoms with E-state index in [-0.39, 0.29) is 22.9 Å². The minimum absolute atomic E-state index is 0. The fourth-order valence-electron chi connectivity index (χ4n) is 4.35. The van der Waals surface area contributed by atoms with Crippen LogP contribution in [0.2, 0.25) is 0 Å². The molecule has 3 aromatic carbocycles. The molecule has 1 N–H and O–H groups in total. The van der Waals surface area contributed by atoms with Crippen molar-refractivity contribution in [3.8, 4) is 0 Å². The predicted octanol–water partition coefficient (Wildman–Crippen LogP) is 1.98. The van der Waals surface area contributed by atoms with E-state index in [1.54, 1.807) is 0 Å². The van der Waals surface area contributed by atoms with E-state index in [1.807, 2.05) is 24.3 Å². The van der Waals surface area contributed by atoms with Gasteiger partial charge in [-0.1, -0.05) is 66.7 Å². The van der Waals surface area contributed by atoms with Gasteiger partial charge in [0.15, 0.2) is 6.54 Å². The minimum Gasteiger partial charge on any atom is -1.00 e. The van der Waals surface area contributed by atoms with Gasteiger partial charge in [-0.05, 0) is 30.7 Å². The van der Waals surface area contributed by atoms with Gasteiger partial charge in [-0.2, -0.15) is 0 Å². The van der Waals surface area contributed by atoms with Crippen LogP contribution in [0.25, 0.3) is 10.8 Å². The zero-order chi connectivity index (χ0) is 18.5. The first kappa shape index (κ1) is 20.6. The lowest BCUT2D eigenvalue weighted by atomic mass is 10.0. The molecule has 1 aliphatic rings. The summed E-state index contributed by atoms with van der Waals surface area (Å²) in [7, 11) is 0. The number of rotatable bonds is 5. The highest BCUT2D eigenvalue weighted by Gasteiger charge is 2.32. The van der Waals surface area contributed by atoms with Crippen LogP contribution >= 0.6 is 0 Å². The lowest BCUT2D eigenvalue weighted by Gasteiger charge is -2.41. The van der Waals surface area contributed by atoms with Gasteiger partial charge in [0, 0.05) is 16.6 Å². The van der Waals surface area contributed by atoms with Crippen LogP contribution < -0.4 is 22.3 Å². The van der Waals surface area contributed by atoms with Gasteiger partial charge in [-0.15, -0.1) is 0 Å². The molecule has 0 radical (unpaired) electrons. The molecule has 146 valence electrons. The van der Waals surface area contributed by atoms with E-state index in [4.69, 9.17) is 0 Å². The normalized spacial score (nSPS) is 15.6. The number of amides is 1. The Morgan fingerprint density at radius 1 is 0.821 bits per heavy atom. The van der Waals surface area contributed by atoms with E-state index >= 15 is 0 Å². The Balaban J connectivity index is 0.00000225. The highest BCUT2D eigenvalue weighted by Crippen LogP contribution is 2.25. The van der Waals surface area contributed by atoms with Crippen molar-refractivity contribution in [2.75, 3.05) is 25.0 Å². The molecule has 0 saturated carbocycles. The van der Waals surface area contributed by atoms with Gasteiger partial charge in [0.2, 0.25) is 0 Å². The van der Waals surface area contributed by atoms with Crippen LogP contribution in [-0.2, 0) is 11.3 Å². The van der Waals surface area contributed by atoms with Crippen molar-refractivity contribution in [2.24, 2.45) is 0 Å². The van der Waals surface area contributed by atoms with Gasteiger partial charge < -0.3 is 26.8 Å². The molecule has 1 heterocycles. The second-order valence-electron chi connectivity index (χ2n) is 7.73. The fraction of sp³-hybridized carbons (Fsp3) is 0.292. The van der Waals surface area contributed by atoms with Crippen molar-refractivity contribution in [1.82, 2.24) is 0 Å². The van der Waals surface area contributed by atoms with Crippen molar-refractivity contribution in [3.05, 3.63) is 78.4 Å². The Labute approximate surface area is 177 Å². The van der Waals surface area contributed by atoms with Crippen LogP contribution in [0.5, 0.6) is 0 Å². The number of carbonyl (C=O) groups excluding carboxylic acids is 1. The summed E-state index contributed by atoms with van der Waals surface area (Å²) in [5.41, 5.74) is 2.23. The van der Waals surface area contributed by atoms with E-state index < -0.39 is 0 Å². The minimum atomic E-state index is 0. The van der Waals surface area contributed by atoms with Crippen molar-refractivity contribution < 1.29 is 26.3 Å². The van der Waals surface area contributed by atoms with Crippen molar-refractivity contribution in [3.63, 3.8) is 0 Å². The standard InChI is InChI=1S/C24H26N2O.BrH/c27-24(25-23-15-9-13-21-12-5-6-14-22(21)23)19-26(16-7-2-8-17-26)18-20-10-3-1-4-11-20;/h1,3-6,9-15H,2,7-8,16-19H2;1H. The SMILES string of the molecule is O=C(C[N+]1(Cc2ccccc2)CCCCC1)Nc1cccc2ccccc12.[Br-].